The van der Waals surface area contributed by atoms with E-state index in [4.69, 9.17) is 9.47 Å². The van der Waals surface area contributed by atoms with Gasteiger partial charge in [0.2, 0.25) is 0 Å². The maximum Gasteiger partial charge on any atom is 0.339 e. The molecule has 32 heavy (non-hydrogen) atoms. The molecule has 1 unspecified atom stereocenters. The van der Waals surface area contributed by atoms with Crippen LogP contribution in [0.1, 0.15) is 32.7 Å². The van der Waals surface area contributed by atoms with E-state index >= 15 is 0 Å². The Morgan fingerprint density at radius 2 is 1.34 bits per heavy atom. The summed E-state index contributed by atoms with van der Waals surface area (Å²) in [6, 6.07) is 25.0. The minimum absolute atomic E-state index is 0.129. The van der Waals surface area contributed by atoms with E-state index in [2.05, 4.69) is 47.8 Å². The van der Waals surface area contributed by atoms with Crippen molar-refractivity contribution in [2.45, 2.75) is 15.3 Å². The lowest BCUT2D eigenvalue weighted by Gasteiger charge is -2.36. The Labute approximate surface area is 212 Å². The van der Waals surface area contributed by atoms with Crippen LogP contribution in [0.15, 0.2) is 84.9 Å². The monoisotopic (exact) mass is 622 g/mol. The van der Waals surface area contributed by atoms with Gasteiger partial charge >= 0.3 is 5.97 Å². The first kappa shape index (κ1) is 24.7. The summed E-state index contributed by atoms with van der Waals surface area (Å²) >= 11 is 10.7. The van der Waals surface area contributed by atoms with Gasteiger partial charge < -0.3 is 9.47 Å². The Kier molecular flexibility index (Phi) is 8.31. The molecule has 3 aromatic rings. The van der Waals surface area contributed by atoms with Crippen LogP contribution in [0.3, 0.4) is 0 Å². The third kappa shape index (κ3) is 5.69. The van der Waals surface area contributed by atoms with Crippen LogP contribution in [0.25, 0.3) is 0 Å². The molecule has 0 saturated heterocycles. The number of hydrogen-bond donors (Lipinski definition) is 0. The molecule has 0 bridgehead atoms. The summed E-state index contributed by atoms with van der Waals surface area (Å²) in [6.07, 6.45) is 0.129. The van der Waals surface area contributed by atoms with E-state index < -0.39 is 14.8 Å². The van der Waals surface area contributed by atoms with Crippen molar-refractivity contribution in [3.05, 3.63) is 102 Å². The number of ketones is 1. The Bertz CT molecular complexity index is 1050. The van der Waals surface area contributed by atoms with E-state index in [1.165, 1.54) is 0 Å². The molecular formula is C25H21Br3O4. The topological polar surface area (TPSA) is 52.6 Å². The summed E-state index contributed by atoms with van der Waals surface area (Å²) in [5.74, 6) is 0.0208. The largest absolute Gasteiger partial charge is 0.497 e. The van der Waals surface area contributed by atoms with Gasteiger partial charge in [0.1, 0.15) is 14.6 Å². The molecule has 0 fully saturated rings. The van der Waals surface area contributed by atoms with Gasteiger partial charge in [-0.25, -0.2) is 4.79 Å². The highest BCUT2D eigenvalue weighted by Gasteiger charge is 2.46. The van der Waals surface area contributed by atoms with Gasteiger partial charge in [-0.15, -0.1) is 0 Å². The lowest BCUT2D eigenvalue weighted by Crippen LogP contribution is -2.42. The first-order valence-electron chi connectivity index (χ1n) is 9.78. The second-order valence-corrected chi connectivity index (χ2v) is 11.5. The molecular weight excluding hydrogens is 604 g/mol. The number of benzene rings is 3. The summed E-state index contributed by atoms with van der Waals surface area (Å²) in [7, 11) is 1.59. The number of halogens is 3. The normalized spacial score (nSPS) is 13.1. The molecule has 3 rings (SSSR count). The van der Waals surface area contributed by atoms with Crippen molar-refractivity contribution in [3.63, 3.8) is 0 Å². The van der Waals surface area contributed by atoms with Gasteiger partial charge in [-0.3, -0.25) is 4.79 Å². The average Bonchev–Trinajstić information content (AvgIpc) is 2.84. The number of esters is 1. The van der Waals surface area contributed by atoms with Crippen LogP contribution >= 0.6 is 47.8 Å². The zero-order chi connectivity index (χ0) is 23.2. The highest BCUT2D eigenvalue weighted by Crippen LogP contribution is 2.45. The highest BCUT2D eigenvalue weighted by molar-refractivity contribution is 9.26. The molecule has 7 heteroatoms. The fraction of sp³-hybridized carbons (Fsp3) is 0.200. The van der Waals surface area contributed by atoms with Crippen molar-refractivity contribution in [1.82, 2.24) is 0 Å². The van der Waals surface area contributed by atoms with Crippen LogP contribution in [0, 0.1) is 0 Å². The third-order valence-corrected chi connectivity index (χ3v) is 7.19. The second-order valence-electron chi connectivity index (χ2n) is 7.19. The lowest BCUT2D eigenvalue weighted by molar-refractivity contribution is -0.0136. The van der Waals surface area contributed by atoms with E-state index in [1.54, 1.807) is 67.8 Å². The molecule has 166 valence electrons. The zero-order valence-electron chi connectivity index (χ0n) is 17.3. The van der Waals surface area contributed by atoms with Crippen molar-refractivity contribution in [2.24, 2.45) is 0 Å². The van der Waals surface area contributed by atoms with Crippen molar-refractivity contribution < 1.29 is 19.1 Å². The van der Waals surface area contributed by atoms with Crippen LogP contribution in [0.2, 0.25) is 0 Å². The molecule has 0 radical (unpaired) electrons. The quantitative estimate of drug-likeness (QED) is 0.148. The van der Waals surface area contributed by atoms with Crippen LogP contribution in [0.4, 0.5) is 0 Å². The van der Waals surface area contributed by atoms with Gasteiger partial charge in [-0.05, 0) is 29.8 Å². The predicted octanol–water partition coefficient (Wildman–Crippen LogP) is 6.90. The molecule has 0 spiro atoms. The smallest absolute Gasteiger partial charge is 0.339 e. The van der Waals surface area contributed by atoms with Crippen molar-refractivity contribution in [2.75, 3.05) is 12.4 Å². The van der Waals surface area contributed by atoms with Crippen LogP contribution in [-0.4, -0.2) is 27.4 Å². The molecule has 1 atom stereocenters. The summed E-state index contributed by atoms with van der Waals surface area (Å²) in [4.78, 5) is 26.3. The van der Waals surface area contributed by atoms with Crippen LogP contribution in [-0.2, 0) is 10.3 Å². The molecule has 0 aliphatic heterocycles. The number of methoxy groups -OCH3 is 1. The minimum atomic E-state index is -1.17. The van der Waals surface area contributed by atoms with E-state index in [0.29, 0.717) is 16.9 Å². The highest BCUT2D eigenvalue weighted by atomic mass is 79.9. The van der Waals surface area contributed by atoms with Gasteiger partial charge in [0.25, 0.3) is 0 Å². The number of carbonyl (C=O) groups excluding carboxylic acids is 2. The molecule has 3 aromatic carbocycles. The van der Waals surface area contributed by atoms with E-state index in [0.717, 1.165) is 5.56 Å². The first-order valence-corrected chi connectivity index (χ1v) is 12.5. The Morgan fingerprint density at radius 3 is 1.84 bits per heavy atom. The van der Waals surface area contributed by atoms with E-state index in [9.17, 15) is 9.59 Å². The van der Waals surface area contributed by atoms with Crippen LogP contribution in [0.5, 0.6) is 5.75 Å². The van der Waals surface area contributed by atoms with Gasteiger partial charge in [-0.2, -0.15) is 0 Å². The number of alkyl halides is 3. The fourth-order valence-electron chi connectivity index (χ4n) is 3.29. The van der Waals surface area contributed by atoms with Crippen molar-refractivity contribution >= 4 is 59.5 Å². The Hall–Kier alpha value is -1.96. The maximum atomic E-state index is 13.3. The number of rotatable bonds is 9. The zero-order valence-corrected chi connectivity index (χ0v) is 22.0. The summed E-state index contributed by atoms with van der Waals surface area (Å²) < 4.78 is 10.2. The number of carbonyl (C=O) groups is 2. The lowest BCUT2D eigenvalue weighted by atomic mass is 9.88. The molecule has 0 aliphatic rings. The number of hydrogen-bond acceptors (Lipinski definition) is 4. The van der Waals surface area contributed by atoms with Gasteiger partial charge in [0, 0.05) is 17.3 Å². The Balaban J connectivity index is 2.01. The van der Waals surface area contributed by atoms with Crippen molar-refractivity contribution in [3.8, 4) is 5.75 Å². The first-order chi connectivity index (χ1) is 15.3. The fourth-order valence-corrected chi connectivity index (χ4v) is 5.29. The molecule has 0 aromatic heterocycles. The van der Waals surface area contributed by atoms with Crippen LogP contribution < -0.4 is 4.74 Å². The van der Waals surface area contributed by atoms with Crippen molar-refractivity contribution in [1.29, 1.82) is 0 Å². The molecule has 0 amide bonds. The predicted molar refractivity (Wildman–Crippen MR) is 136 cm³/mol. The molecule has 4 nitrogen and oxygen atoms in total. The number of Topliss-reactive ketones (excluding diaryl/α,β-unsaturated/α-hetero) is 1. The van der Waals surface area contributed by atoms with Gasteiger partial charge in [0.05, 0.1) is 12.7 Å². The second kappa shape index (κ2) is 10.8. The van der Waals surface area contributed by atoms with E-state index in [-0.39, 0.29) is 17.5 Å². The van der Waals surface area contributed by atoms with Gasteiger partial charge in [-0.1, -0.05) is 108 Å². The Morgan fingerprint density at radius 1 is 0.812 bits per heavy atom. The maximum absolute atomic E-state index is 13.3. The van der Waals surface area contributed by atoms with Gasteiger partial charge in [0.15, 0.2) is 5.78 Å². The summed E-state index contributed by atoms with van der Waals surface area (Å²) in [5, 5.41) is 0.270. The summed E-state index contributed by atoms with van der Waals surface area (Å²) in [5.41, 5.74) is 0.532. The SMILES string of the molecule is COc1ccc(C(CBr)(CC(Br)(Br)C(=O)c2ccccc2)OC(=O)c2ccccc2)cc1. The standard InChI is InChI=1S/C25H21Br3O4/c1-31-21-14-12-20(13-15-21)24(17-26,32-23(30)19-10-6-3-7-11-19)16-25(27,28)22(29)18-8-4-2-5-9-18/h2-15H,16-17H2,1H3. The molecule has 0 saturated carbocycles. The average molecular weight is 625 g/mol. The van der Waals surface area contributed by atoms with E-state index in [1.807, 2.05) is 24.3 Å². The third-order valence-electron chi connectivity index (χ3n) is 5.01. The summed E-state index contributed by atoms with van der Waals surface area (Å²) in [6.45, 7) is 0. The molecule has 0 N–H and O–H groups in total. The minimum Gasteiger partial charge on any atom is -0.497 e. The molecule has 0 aliphatic carbocycles. The number of ether oxygens (including phenoxy) is 2. The molecule has 0 heterocycles.